The third kappa shape index (κ3) is 1.01. The van der Waals surface area contributed by atoms with E-state index in [2.05, 4.69) is 21.9 Å². The Kier molecular flexibility index (Phi) is 1.46. The number of rotatable bonds is 1. The van der Waals surface area contributed by atoms with E-state index in [0.717, 1.165) is 23.3 Å². The van der Waals surface area contributed by atoms with E-state index in [4.69, 9.17) is 5.73 Å². The monoisotopic (exact) mass is 162 g/mol. The zero-order chi connectivity index (χ0) is 8.55. The first-order valence-corrected chi connectivity index (χ1v) is 3.89. The lowest BCUT2D eigenvalue weighted by atomic mass is 10.4. The zero-order valence-corrected chi connectivity index (χ0v) is 6.83. The molecule has 3 N–H and O–H groups in total. The molecule has 0 radical (unpaired) electrons. The Morgan fingerprint density at radius 3 is 3.17 bits per heavy atom. The van der Waals surface area contributed by atoms with Crippen LogP contribution in [0.15, 0.2) is 12.3 Å². The molecule has 2 rings (SSSR count). The molecule has 0 aliphatic rings. The third-order valence-corrected chi connectivity index (χ3v) is 1.77. The van der Waals surface area contributed by atoms with Crippen LogP contribution in [0.2, 0.25) is 0 Å². The minimum Gasteiger partial charge on any atom is -0.384 e. The van der Waals surface area contributed by atoms with Gasteiger partial charge in [-0.25, -0.2) is 9.97 Å². The predicted molar refractivity (Wildman–Crippen MR) is 47.7 cm³/mol. The fourth-order valence-electron chi connectivity index (χ4n) is 1.15. The maximum Gasteiger partial charge on any atom is 0.125 e. The molecule has 4 heteroatoms. The van der Waals surface area contributed by atoms with E-state index in [1.54, 1.807) is 12.3 Å². The minimum absolute atomic E-state index is 0.511. The van der Waals surface area contributed by atoms with E-state index in [-0.39, 0.29) is 0 Å². The summed E-state index contributed by atoms with van der Waals surface area (Å²) in [5, 5.41) is 0. The second-order valence-electron chi connectivity index (χ2n) is 2.66. The maximum absolute atomic E-state index is 5.51. The fraction of sp³-hybridized carbons (Fsp3) is 0.250. The van der Waals surface area contributed by atoms with Crippen molar-refractivity contribution in [3.05, 3.63) is 18.1 Å². The Morgan fingerprint density at radius 2 is 2.42 bits per heavy atom. The van der Waals surface area contributed by atoms with E-state index >= 15 is 0 Å². The summed E-state index contributed by atoms with van der Waals surface area (Å²) in [7, 11) is 0. The second kappa shape index (κ2) is 2.48. The molecule has 0 unspecified atom stereocenters. The molecule has 12 heavy (non-hydrogen) atoms. The molecule has 0 aromatic carbocycles. The van der Waals surface area contributed by atoms with Crippen LogP contribution in [0.1, 0.15) is 12.7 Å². The van der Waals surface area contributed by atoms with Crippen LogP contribution in [0.3, 0.4) is 0 Å². The van der Waals surface area contributed by atoms with Gasteiger partial charge in [-0.3, -0.25) is 0 Å². The van der Waals surface area contributed by atoms with Gasteiger partial charge in [0, 0.05) is 12.5 Å². The van der Waals surface area contributed by atoms with E-state index in [1.807, 2.05) is 0 Å². The lowest BCUT2D eigenvalue weighted by Crippen LogP contribution is -1.87. The molecule has 2 heterocycles. The molecule has 4 nitrogen and oxygen atoms in total. The Morgan fingerprint density at radius 1 is 1.58 bits per heavy atom. The highest BCUT2D eigenvalue weighted by Gasteiger charge is 2.00. The van der Waals surface area contributed by atoms with Crippen molar-refractivity contribution in [1.82, 2.24) is 15.0 Å². The molecule has 2 aromatic rings. The van der Waals surface area contributed by atoms with Crippen LogP contribution in [-0.4, -0.2) is 15.0 Å². The first-order chi connectivity index (χ1) is 5.79. The molecule has 0 atom stereocenters. The Balaban J connectivity index is 2.67. The van der Waals surface area contributed by atoms with Crippen LogP contribution >= 0.6 is 0 Å². The summed E-state index contributed by atoms with van der Waals surface area (Å²) in [6.07, 6.45) is 2.60. The summed E-state index contributed by atoms with van der Waals surface area (Å²) in [5.41, 5.74) is 7.34. The average Bonchev–Trinajstić information content (AvgIpc) is 2.46. The molecule has 0 aliphatic heterocycles. The number of nitrogens with zero attached hydrogens (tertiary/aromatic N) is 2. The van der Waals surface area contributed by atoms with Gasteiger partial charge in [-0.2, -0.15) is 0 Å². The highest BCUT2D eigenvalue weighted by molar-refractivity contribution is 5.76. The summed E-state index contributed by atoms with van der Waals surface area (Å²) < 4.78 is 0. The number of nitrogens with one attached hydrogen (secondary N) is 1. The topological polar surface area (TPSA) is 67.6 Å². The number of fused-ring (bicyclic) bond motifs is 1. The van der Waals surface area contributed by atoms with Gasteiger partial charge in [0.15, 0.2) is 0 Å². The number of nitrogens with two attached hydrogens (primary N) is 1. The number of aromatic amines is 1. The summed E-state index contributed by atoms with van der Waals surface area (Å²) >= 11 is 0. The van der Waals surface area contributed by atoms with Gasteiger partial charge >= 0.3 is 0 Å². The number of aryl methyl sites for hydroxylation is 1. The molecule has 0 amide bonds. The van der Waals surface area contributed by atoms with Crippen molar-refractivity contribution in [2.75, 3.05) is 5.73 Å². The molecular weight excluding hydrogens is 152 g/mol. The zero-order valence-electron chi connectivity index (χ0n) is 6.83. The number of hydrogen-bond donors (Lipinski definition) is 2. The van der Waals surface area contributed by atoms with Gasteiger partial charge in [0.2, 0.25) is 0 Å². The second-order valence-corrected chi connectivity index (χ2v) is 2.66. The van der Waals surface area contributed by atoms with Crippen LogP contribution in [0.4, 0.5) is 5.82 Å². The normalized spacial score (nSPS) is 10.8. The number of nitrogen functional groups attached to an aromatic ring is 1. The number of pyridine rings is 1. The largest absolute Gasteiger partial charge is 0.384 e. The van der Waals surface area contributed by atoms with Gasteiger partial charge in [0.25, 0.3) is 0 Å². The van der Waals surface area contributed by atoms with Crippen molar-refractivity contribution in [3.8, 4) is 0 Å². The fourth-order valence-corrected chi connectivity index (χ4v) is 1.15. The Labute approximate surface area is 69.8 Å². The highest BCUT2D eigenvalue weighted by atomic mass is 14.9. The quantitative estimate of drug-likeness (QED) is 0.659. The number of anilines is 1. The van der Waals surface area contributed by atoms with E-state index in [9.17, 15) is 0 Å². The summed E-state index contributed by atoms with van der Waals surface area (Å²) in [6.45, 7) is 2.05. The van der Waals surface area contributed by atoms with Crippen LogP contribution in [-0.2, 0) is 6.42 Å². The van der Waals surface area contributed by atoms with Gasteiger partial charge in [-0.05, 0) is 0 Å². The van der Waals surface area contributed by atoms with Crippen LogP contribution in [0, 0.1) is 0 Å². The Hall–Kier alpha value is -1.58. The molecule has 0 saturated carbocycles. The van der Waals surface area contributed by atoms with Crippen molar-refractivity contribution in [2.45, 2.75) is 13.3 Å². The van der Waals surface area contributed by atoms with Crippen LogP contribution in [0.5, 0.6) is 0 Å². The van der Waals surface area contributed by atoms with Crippen molar-refractivity contribution < 1.29 is 0 Å². The van der Waals surface area contributed by atoms with Crippen molar-refractivity contribution in [3.63, 3.8) is 0 Å². The number of H-pyrrole nitrogens is 1. The number of imidazole rings is 1. The smallest absolute Gasteiger partial charge is 0.125 e. The van der Waals surface area contributed by atoms with Crippen LogP contribution in [0.25, 0.3) is 11.0 Å². The Bertz CT molecular complexity index is 404. The molecule has 62 valence electrons. The first-order valence-electron chi connectivity index (χ1n) is 3.89. The van der Waals surface area contributed by atoms with Crippen molar-refractivity contribution in [1.29, 1.82) is 0 Å². The van der Waals surface area contributed by atoms with Gasteiger partial charge in [-0.1, -0.05) is 6.92 Å². The van der Waals surface area contributed by atoms with Gasteiger partial charge in [0.1, 0.15) is 11.6 Å². The van der Waals surface area contributed by atoms with E-state index in [1.165, 1.54) is 0 Å². The van der Waals surface area contributed by atoms with Gasteiger partial charge in [-0.15, -0.1) is 0 Å². The van der Waals surface area contributed by atoms with Gasteiger partial charge in [0.05, 0.1) is 17.2 Å². The lowest BCUT2D eigenvalue weighted by molar-refractivity contribution is 1.00. The molecular formula is C8H10N4. The van der Waals surface area contributed by atoms with Crippen molar-refractivity contribution in [2.24, 2.45) is 0 Å². The predicted octanol–water partition coefficient (Wildman–Crippen LogP) is 1.10. The number of hydrogen-bond acceptors (Lipinski definition) is 3. The minimum atomic E-state index is 0.511. The molecule has 2 aromatic heterocycles. The first kappa shape index (κ1) is 7.09. The molecule has 0 aliphatic carbocycles. The summed E-state index contributed by atoms with van der Waals surface area (Å²) in [5.74, 6) is 1.48. The summed E-state index contributed by atoms with van der Waals surface area (Å²) in [4.78, 5) is 11.4. The lowest BCUT2D eigenvalue weighted by Gasteiger charge is -1.88. The van der Waals surface area contributed by atoms with E-state index < -0.39 is 0 Å². The van der Waals surface area contributed by atoms with Gasteiger partial charge < -0.3 is 10.7 Å². The molecule has 0 fully saturated rings. The van der Waals surface area contributed by atoms with E-state index in [0.29, 0.717) is 5.82 Å². The van der Waals surface area contributed by atoms with Crippen LogP contribution < -0.4 is 5.73 Å². The van der Waals surface area contributed by atoms with Crippen molar-refractivity contribution >= 4 is 16.9 Å². The molecule has 0 bridgehead atoms. The highest BCUT2D eigenvalue weighted by Crippen LogP contribution is 2.12. The maximum atomic E-state index is 5.51. The third-order valence-electron chi connectivity index (χ3n) is 1.77. The molecule has 0 spiro atoms. The average molecular weight is 162 g/mol. The standard InChI is InChI=1S/C8H10N4/c1-2-8-11-5-3-7(9)10-4-6(5)12-8/h3-4H,2H2,1H3,(H2,9,10)(H,11,12). The molecule has 0 saturated heterocycles. The number of aromatic nitrogens is 3. The SMILES string of the molecule is CCc1nc2cc(N)ncc2[nH]1. The summed E-state index contributed by atoms with van der Waals surface area (Å²) in [6, 6.07) is 1.77.